The molecule has 0 aliphatic rings. The van der Waals surface area contributed by atoms with Crippen LogP contribution in [0, 0.1) is 5.82 Å². The summed E-state index contributed by atoms with van der Waals surface area (Å²) in [6.07, 6.45) is 0. The number of hydrogen-bond acceptors (Lipinski definition) is 3. The van der Waals surface area contributed by atoms with Crippen LogP contribution in [0.4, 0.5) is 10.1 Å². The van der Waals surface area contributed by atoms with Crippen molar-refractivity contribution in [3.05, 3.63) is 58.9 Å². The average Bonchev–Trinajstić information content (AvgIpc) is 2.44. The molecule has 0 heterocycles. The number of Topliss-reactive ketones (excluding diaryl/α,β-unsaturated/α-hetero) is 1. The zero-order chi connectivity index (χ0) is 15.6. The molecule has 2 aromatic rings. The molecule has 1 N–H and O–H groups in total. The maximum absolute atomic E-state index is 13.7. The van der Waals surface area contributed by atoms with Gasteiger partial charge in [-0.05, 0) is 31.2 Å². The molecule has 7 heteroatoms. The molecular weight excluding hydrogens is 317 g/mol. The van der Waals surface area contributed by atoms with Gasteiger partial charge < -0.3 is 0 Å². The van der Waals surface area contributed by atoms with Gasteiger partial charge in [0.2, 0.25) is 0 Å². The Morgan fingerprint density at radius 2 is 1.86 bits per heavy atom. The second-order valence-electron chi connectivity index (χ2n) is 4.29. The predicted molar refractivity (Wildman–Crippen MR) is 78.7 cm³/mol. The van der Waals surface area contributed by atoms with E-state index < -0.39 is 15.8 Å². The van der Waals surface area contributed by atoms with E-state index in [1.807, 2.05) is 0 Å². The molecular formula is C14H11ClFNO3S. The van der Waals surface area contributed by atoms with Crippen LogP contribution in [0.25, 0.3) is 0 Å². The number of carbonyl (C=O) groups is 1. The largest absolute Gasteiger partial charge is 0.295 e. The Bertz CT molecular complexity index is 806. The van der Waals surface area contributed by atoms with E-state index in [-0.39, 0.29) is 27.0 Å². The van der Waals surface area contributed by atoms with Crippen LogP contribution >= 0.6 is 11.6 Å². The minimum Gasteiger partial charge on any atom is -0.295 e. The van der Waals surface area contributed by atoms with E-state index in [9.17, 15) is 17.6 Å². The summed E-state index contributed by atoms with van der Waals surface area (Å²) in [4.78, 5) is 11.2. The van der Waals surface area contributed by atoms with E-state index >= 15 is 0 Å². The first-order valence-corrected chi connectivity index (χ1v) is 7.75. The van der Waals surface area contributed by atoms with Gasteiger partial charge in [-0.25, -0.2) is 12.8 Å². The second-order valence-corrected chi connectivity index (χ2v) is 6.38. The SMILES string of the molecule is CC(=O)c1cccc(S(=O)(=O)Nc2cccc(Cl)c2F)c1. The number of hydrogen-bond donors (Lipinski definition) is 1. The summed E-state index contributed by atoms with van der Waals surface area (Å²) in [5, 5.41) is -0.187. The molecule has 21 heavy (non-hydrogen) atoms. The predicted octanol–water partition coefficient (Wildman–Crippen LogP) is 3.48. The van der Waals surface area contributed by atoms with Crippen molar-refractivity contribution in [1.82, 2.24) is 0 Å². The number of benzene rings is 2. The molecule has 110 valence electrons. The molecule has 0 bridgehead atoms. The highest BCUT2D eigenvalue weighted by Crippen LogP contribution is 2.24. The number of sulfonamides is 1. The van der Waals surface area contributed by atoms with E-state index in [2.05, 4.69) is 4.72 Å². The lowest BCUT2D eigenvalue weighted by atomic mass is 10.2. The number of carbonyl (C=O) groups excluding carboxylic acids is 1. The lowest BCUT2D eigenvalue weighted by Gasteiger charge is -2.10. The highest BCUT2D eigenvalue weighted by atomic mass is 35.5. The topological polar surface area (TPSA) is 63.2 Å². The first-order chi connectivity index (χ1) is 9.81. The van der Waals surface area contributed by atoms with Crippen LogP contribution in [0.15, 0.2) is 47.4 Å². The molecule has 4 nitrogen and oxygen atoms in total. The van der Waals surface area contributed by atoms with Crippen molar-refractivity contribution >= 4 is 33.1 Å². The van der Waals surface area contributed by atoms with Gasteiger partial charge in [-0.15, -0.1) is 0 Å². The van der Waals surface area contributed by atoms with Crippen molar-refractivity contribution in [2.75, 3.05) is 4.72 Å². The Morgan fingerprint density at radius 3 is 2.52 bits per heavy atom. The summed E-state index contributed by atoms with van der Waals surface area (Å²) < 4.78 is 40.3. The lowest BCUT2D eigenvalue weighted by molar-refractivity contribution is 0.101. The summed E-state index contributed by atoms with van der Waals surface area (Å²) in [5.74, 6) is -1.12. The van der Waals surface area contributed by atoms with E-state index in [4.69, 9.17) is 11.6 Å². The van der Waals surface area contributed by atoms with E-state index in [1.165, 1.54) is 49.4 Å². The number of nitrogens with one attached hydrogen (secondary N) is 1. The molecule has 0 saturated carbocycles. The number of rotatable bonds is 4. The summed E-state index contributed by atoms with van der Waals surface area (Å²) in [6, 6.07) is 9.49. The van der Waals surface area contributed by atoms with Gasteiger partial charge in [-0.1, -0.05) is 29.8 Å². The van der Waals surface area contributed by atoms with Gasteiger partial charge in [-0.2, -0.15) is 0 Å². The van der Waals surface area contributed by atoms with Crippen molar-refractivity contribution in [2.24, 2.45) is 0 Å². The summed E-state index contributed by atoms with van der Waals surface area (Å²) in [7, 11) is -4.01. The average molecular weight is 328 g/mol. The van der Waals surface area contributed by atoms with E-state index in [0.717, 1.165) is 0 Å². The van der Waals surface area contributed by atoms with Crippen molar-refractivity contribution in [3.8, 4) is 0 Å². The molecule has 0 radical (unpaired) electrons. The second kappa shape index (κ2) is 5.83. The summed E-state index contributed by atoms with van der Waals surface area (Å²) >= 11 is 5.60. The fraction of sp³-hybridized carbons (Fsp3) is 0.0714. The normalized spacial score (nSPS) is 11.2. The van der Waals surface area contributed by atoms with Crippen LogP contribution in [-0.4, -0.2) is 14.2 Å². The van der Waals surface area contributed by atoms with Crippen molar-refractivity contribution < 1.29 is 17.6 Å². The standard InChI is InChI=1S/C14H11ClFNO3S/c1-9(18)10-4-2-5-11(8-10)21(19,20)17-13-7-3-6-12(15)14(13)16/h2-8,17H,1H3. The van der Waals surface area contributed by atoms with Gasteiger partial charge in [-0.3, -0.25) is 9.52 Å². The van der Waals surface area contributed by atoms with Gasteiger partial charge >= 0.3 is 0 Å². The highest BCUT2D eigenvalue weighted by molar-refractivity contribution is 7.92. The maximum atomic E-state index is 13.7. The molecule has 2 aromatic carbocycles. The maximum Gasteiger partial charge on any atom is 0.262 e. The van der Waals surface area contributed by atoms with Crippen LogP contribution in [0.2, 0.25) is 5.02 Å². The van der Waals surface area contributed by atoms with Crippen LogP contribution in [0.5, 0.6) is 0 Å². The fourth-order valence-electron chi connectivity index (χ4n) is 1.67. The van der Waals surface area contributed by atoms with Crippen molar-refractivity contribution in [1.29, 1.82) is 0 Å². The molecule has 0 saturated heterocycles. The zero-order valence-corrected chi connectivity index (χ0v) is 12.5. The number of anilines is 1. The Hall–Kier alpha value is -1.92. The van der Waals surface area contributed by atoms with Gasteiger partial charge in [0.05, 0.1) is 15.6 Å². The Morgan fingerprint density at radius 1 is 1.19 bits per heavy atom. The third-order valence-corrected chi connectivity index (χ3v) is 4.40. The smallest absolute Gasteiger partial charge is 0.262 e. The fourth-order valence-corrected chi connectivity index (χ4v) is 2.95. The zero-order valence-electron chi connectivity index (χ0n) is 10.9. The molecule has 0 aliphatic heterocycles. The van der Waals surface area contributed by atoms with Gasteiger partial charge in [0.1, 0.15) is 0 Å². The minimum atomic E-state index is -4.01. The van der Waals surface area contributed by atoms with Gasteiger partial charge in [0.15, 0.2) is 11.6 Å². The summed E-state index contributed by atoms with van der Waals surface area (Å²) in [5.41, 5.74) is 0.000157. The van der Waals surface area contributed by atoms with Crippen LogP contribution < -0.4 is 4.72 Å². The summed E-state index contributed by atoms with van der Waals surface area (Å²) in [6.45, 7) is 1.33. The first-order valence-electron chi connectivity index (χ1n) is 5.89. The Kier molecular flexibility index (Phi) is 4.29. The van der Waals surface area contributed by atoms with Crippen molar-refractivity contribution in [2.45, 2.75) is 11.8 Å². The third-order valence-electron chi connectivity index (χ3n) is 2.75. The third kappa shape index (κ3) is 3.40. The van der Waals surface area contributed by atoms with Gasteiger partial charge in [0.25, 0.3) is 10.0 Å². The molecule has 2 rings (SSSR count). The first kappa shape index (κ1) is 15.5. The van der Waals surface area contributed by atoms with E-state index in [1.54, 1.807) is 0 Å². The molecule has 0 aromatic heterocycles. The molecule has 0 fully saturated rings. The number of halogens is 2. The minimum absolute atomic E-state index is 0.130. The monoisotopic (exact) mass is 327 g/mol. The van der Waals surface area contributed by atoms with Crippen molar-refractivity contribution in [3.63, 3.8) is 0 Å². The molecule has 0 amide bonds. The van der Waals surface area contributed by atoms with E-state index in [0.29, 0.717) is 0 Å². The lowest BCUT2D eigenvalue weighted by Crippen LogP contribution is -2.14. The highest BCUT2D eigenvalue weighted by Gasteiger charge is 2.18. The van der Waals surface area contributed by atoms with Crippen LogP contribution in [-0.2, 0) is 10.0 Å². The Labute approximate surface area is 126 Å². The van der Waals surface area contributed by atoms with Gasteiger partial charge in [0, 0.05) is 5.56 Å². The molecule has 0 atom stereocenters. The Balaban J connectivity index is 2.41. The molecule has 0 unspecified atom stereocenters. The van der Waals surface area contributed by atoms with Crippen LogP contribution in [0.1, 0.15) is 17.3 Å². The molecule has 0 aliphatic carbocycles. The quantitative estimate of drug-likeness (QED) is 0.874. The molecule has 0 spiro atoms. The number of ketones is 1. The van der Waals surface area contributed by atoms with Crippen LogP contribution in [0.3, 0.4) is 0 Å².